The van der Waals surface area contributed by atoms with Gasteiger partial charge in [-0.15, -0.1) is 11.8 Å². The van der Waals surface area contributed by atoms with Crippen molar-refractivity contribution in [2.24, 2.45) is 11.8 Å². The molecule has 2 nitrogen and oxygen atoms in total. The van der Waals surface area contributed by atoms with Gasteiger partial charge < -0.3 is 5.11 Å². The molecular formula is C24H23F3O2S. The van der Waals surface area contributed by atoms with Crippen LogP contribution in [0.4, 0.5) is 13.2 Å². The number of hydrogen-bond acceptors (Lipinski definition) is 3. The lowest BCUT2D eigenvalue weighted by Crippen LogP contribution is -2.25. The van der Waals surface area contributed by atoms with Crippen molar-refractivity contribution in [3.63, 3.8) is 0 Å². The highest BCUT2D eigenvalue weighted by molar-refractivity contribution is 7.99. The molecule has 6 heteroatoms. The number of benzene rings is 2. The average molecular weight is 433 g/mol. The highest BCUT2D eigenvalue weighted by Crippen LogP contribution is 2.38. The Labute approximate surface area is 178 Å². The van der Waals surface area contributed by atoms with Gasteiger partial charge in [0.1, 0.15) is 5.76 Å². The SMILES string of the molecule is C=Cc1ccccc1C1=C(O)CC(C(C)CSc2ccc(C(F)(F)F)cc2)CC1=O. The molecule has 30 heavy (non-hydrogen) atoms. The molecule has 0 fully saturated rings. The maximum absolute atomic E-state index is 12.8. The number of carbonyl (C=O) groups is 1. The van der Waals surface area contributed by atoms with Gasteiger partial charge in [0.2, 0.25) is 0 Å². The Balaban J connectivity index is 1.67. The smallest absolute Gasteiger partial charge is 0.416 e. The number of aliphatic hydroxyl groups is 1. The van der Waals surface area contributed by atoms with Gasteiger partial charge in [-0.1, -0.05) is 43.8 Å². The molecule has 2 aromatic rings. The largest absolute Gasteiger partial charge is 0.512 e. The van der Waals surface area contributed by atoms with Crippen molar-refractivity contribution in [3.8, 4) is 0 Å². The molecule has 0 amide bonds. The van der Waals surface area contributed by atoms with E-state index in [4.69, 9.17) is 0 Å². The molecule has 3 rings (SSSR count). The fraction of sp³-hybridized carbons (Fsp3) is 0.292. The van der Waals surface area contributed by atoms with E-state index in [0.717, 1.165) is 22.6 Å². The lowest BCUT2D eigenvalue weighted by molar-refractivity contribution is -0.137. The third kappa shape index (κ3) is 4.98. The normalized spacial score (nSPS) is 18.4. The van der Waals surface area contributed by atoms with E-state index in [1.54, 1.807) is 6.08 Å². The lowest BCUT2D eigenvalue weighted by Gasteiger charge is -2.28. The number of Topliss-reactive ketones (excluding diaryl/α,β-unsaturated/α-hetero) is 1. The summed E-state index contributed by atoms with van der Waals surface area (Å²) in [4.78, 5) is 13.6. The first-order chi connectivity index (χ1) is 14.2. The first-order valence-corrected chi connectivity index (χ1v) is 10.7. The van der Waals surface area contributed by atoms with Crippen LogP contribution >= 0.6 is 11.8 Å². The van der Waals surface area contributed by atoms with Crippen LogP contribution in [0.3, 0.4) is 0 Å². The predicted octanol–water partition coefficient (Wildman–Crippen LogP) is 7.03. The summed E-state index contributed by atoms with van der Waals surface area (Å²) >= 11 is 1.46. The van der Waals surface area contributed by atoms with E-state index in [0.29, 0.717) is 29.7 Å². The van der Waals surface area contributed by atoms with Gasteiger partial charge in [-0.3, -0.25) is 4.79 Å². The minimum Gasteiger partial charge on any atom is -0.512 e. The Morgan fingerprint density at radius 2 is 1.83 bits per heavy atom. The number of carbonyl (C=O) groups excluding carboxylic acids is 1. The Hall–Kier alpha value is -2.47. The molecule has 1 N–H and O–H groups in total. The van der Waals surface area contributed by atoms with Crippen LogP contribution in [0.1, 0.15) is 36.5 Å². The summed E-state index contributed by atoms with van der Waals surface area (Å²) in [5.41, 5.74) is 1.20. The van der Waals surface area contributed by atoms with E-state index in [-0.39, 0.29) is 23.4 Å². The molecule has 0 radical (unpaired) electrons. The summed E-state index contributed by atoms with van der Waals surface area (Å²) in [6.45, 7) is 5.78. The summed E-state index contributed by atoms with van der Waals surface area (Å²) < 4.78 is 38.0. The Morgan fingerprint density at radius 1 is 1.17 bits per heavy atom. The molecule has 0 aliphatic heterocycles. The van der Waals surface area contributed by atoms with Gasteiger partial charge in [0.25, 0.3) is 0 Å². The molecule has 2 aromatic carbocycles. The van der Waals surface area contributed by atoms with Crippen LogP contribution in [-0.4, -0.2) is 16.6 Å². The summed E-state index contributed by atoms with van der Waals surface area (Å²) in [7, 11) is 0. The van der Waals surface area contributed by atoms with Crippen LogP contribution < -0.4 is 0 Å². The monoisotopic (exact) mass is 432 g/mol. The van der Waals surface area contributed by atoms with Crippen LogP contribution in [0.5, 0.6) is 0 Å². The zero-order valence-electron chi connectivity index (χ0n) is 16.6. The highest BCUT2D eigenvalue weighted by Gasteiger charge is 2.32. The molecule has 0 heterocycles. The second kappa shape index (κ2) is 9.13. The molecule has 2 atom stereocenters. The maximum Gasteiger partial charge on any atom is 0.416 e. The fourth-order valence-electron chi connectivity index (χ4n) is 3.64. The number of alkyl halides is 3. The number of aliphatic hydroxyl groups excluding tert-OH is 1. The fourth-order valence-corrected chi connectivity index (χ4v) is 4.69. The standard InChI is InChI=1S/C24H23F3O2S/c1-3-16-6-4-5-7-20(16)23-21(28)12-17(13-22(23)29)15(2)14-30-19-10-8-18(9-11-19)24(25,26)27/h3-11,15,17,28H,1,12-14H2,2H3. The third-order valence-electron chi connectivity index (χ3n) is 5.42. The van der Waals surface area contributed by atoms with Gasteiger partial charge in [0.15, 0.2) is 5.78 Å². The molecule has 1 aliphatic carbocycles. The van der Waals surface area contributed by atoms with Gasteiger partial charge in [0.05, 0.1) is 11.1 Å². The Bertz CT molecular complexity index is 961. The molecule has 158 valence electrons. The second-order valence-electron chi connectivity index (χ2n) is 7.51. The van der Waals surface area contributed by atoms with Crippen molar-refractivity contribution in [3.05, 3.63) is 77.6 Å². The van der Waals surface area contributed by atoms with Crippen LogP contribution in [-0.2, 0) is 11.0 Å². The van der Waals surface area contributed by atoms with E-state index in [9.17, 15) is 23.1 Å². The van der Waals surface area contributed by atoms with E-state index in [1.807, 2.05) is 31.2 Å². The zero-order chi connectivity index (χ0) is 21.9. The Morgan fingerprint density at radius 3 is 2.43 bits per heavy atom. The molecule has 0 saturated heterocycles. The van der Waals surface area contributed by atoms with Gasteiger partial charge in [-0.2, -0.15) is 13.2 Å². The van der Waals surface area contributed by atoms with Crippen molar-refractivity contribution in [2.45, 2.75) is 30.8 Å². The average Bonchev–Trinajstić information content (AvgIpc) is 2.71. The van der Waals surface area contributed by atoms with Crippen molar-refractivity contribution in [1.82, 2.24) is 0 Å². The first kappa shape index (κ1) is 22.2. The molecule has 0 spiro atoms. The van der Waals surface area contributed by atoms with E-state index < -0.39 is 11.7 Å². The lowest BCUT2D eigenvalue weighted by atomic mass is 9.78. The minimum absolute atomic E-state index is 0.0147. The molecule has 0 bridgehead atoms. The summed E-state index contributed by atoms with van der Waals surface area (Å²) in [6.07, 6.45) is -1.94. The van der Waals surface area contributed by atoms with Crippen molar-refractivity contribution in [1.29, 1.82) is 0 Å². The van der Waals surface area contributed by atoms with Crippen LogP contribution in [0.25, 0.3) is 11.6 Å². The topological polar surface area (TPSA) is 37.3 Å². The van der Waals surface area contributed by atoms with Gasteiger partial charge >= 0.3 is 6.18 Å². The number of allylic oxidation sites excluding steroid dienone is 2. The molecule has 0 saturated carbocycles. The number of hydrogen-bond donors (Lipinski definition) is 1. The van der Waals surface area contributed by atoms with Crippen LogP contribution in [0.15, 0.2) is 65.8 Å². The predicted molar refractivity (Wildman–Crippen MR) is 115 cm³/mol. The van der Waals surface area contributed by atoms with Crippen molar-refractivity contribution >= 4 is 29.2 Å². The molecule has 0 aromatic heterocycles. The number of halogens is 3. The van der Waals surface area contributed by atoms with E-state index >= 15 is 0 Å². The zero-order valence-corrected chi connectivity index (χ0v) is 17.4. The van der Waals surface area contributed by atoms with E-state index in [1.165, 1.54) is 23.9 Å². The molecule has 1 aliphatic rings. The molecule has 2 unspecified atom stereocenters. The number of thioether (sulfide) groups is 1. The Kier molecular flexibility index (Phi) is 6.76. The van der Waals surface area contributed by atoms with Crippen molar-refractivity contribution in [2.75, 3.05) is 5.75 Å². The van der Waals surface area contributed by atoms with Crippen molar-refractivity contribution < 1.29 is 23.1 Å². The first-order valence-electron chi connectivity index (χ1n) is 9.68. The van der Waals surface area contributed by atoms with E-state index in [2.05, 4.69) is 6.58 Å². The third-order valence-corrected chi connectivity index (χ3v) is 6.72. The maximum atomic E-state index is 12.8. The minimum atomic E-state index is -4.34. The summed E-state index contributed by atoms with van der Waals surface area (Å²) in [5.74, 6) is 0.745. The van der Waals surface area contributed by atoms with Gasteiger partial charge in [0, 0.05) is 23.5 Å². The quantitative estimate of drug-likeness (QED) is 0.498. The summed E-state index contributed by atoms with van der Waals surface area (Å²) in [5, 5.41) is 10.6. The summed E-state index contributed by atoms with van der Waals surface area (Å²) in [6, 6.07) is 12.4. The second-order valence-corrected chi connectivity index (χ2v) is 8.61. The number of ketones is 1. The molecular weight excluding hydrogens is 409 g/mol. The van der Waals surface area contributed by atoms with Crippen LogP contribution in [0.2, 0.25) is 0 Å². The van der Waals surface area contributed by atoms with Crippen LogP contribution in [0, 0.1) is 11.8 Å². The van der Waals surface area contributed by atoms with Gasteiger partial charge in [-0.05, 0) is 47.2 Å². The van der Waals surface area contributed by atoms with Gasteiger partial charge in [-0.25, -0.2) is 0 Å². The number of rotatable bonds is 6. The highest BCUT2D eigenvalue weighted by atomic mass is 32.2.